The molecule has 0 saturated carbocycles. The molecule has 1 saturated heterocycles. The second-order valence-electron chi connectivity index (χ2n) is 5.36. The molecule has 2 atom stereocenters. The molecular weight excluding hydrogens is 310 g/mol. The van der Waals surface area contributed by atoms with E-state index < -0.39 is 10.0 Å². The topological polar surface area (TPSA) is 89.4 Å². The molecule has 3 rings (SSSR count). The summed E-state index contributed by atoms with van der Waals surface area (Å²) in [5, 5.41) is 5.83. The van der Waals surface area contributed by atoms with Crippen molar-refractivity contribution in [3.05, 3.63) is 30.4 Å². The highest BCUT2D eigenvalue weighted by Gasteiger charge is 2.31. The second-order valence-corrected chi connectivity index (χ2v) is 8.16. The van der Waals surface area contributed by atoms with Gasteiger partial charge in [0.15, 0.2) is 9.34 Å². The van der Waals surface area contributed by atoms with Gasteiger partial charge in [-0.1, -0.05) is 18.3 Å². The van der Waals surface area contributed by atoms with Crippen LogP contribution in [0.1, 0.15) is 31.6 Å². The first-order valence-corrected chi connectivity index (χ1v) is 9.10. The van der Waals surface area contributed by atoms with E-state index in [4.69, 9.17) is 9.56 Å². The summed E-state index contributed by atoms with van der Waals surface area (Å²) in [6.45, 7) is 3.04. The number of nitrogens with zero attached hydrogens (tertiary/aromatic N) is 2. The highest BCUT2D eigenvalue weighted by molar-refractivity contribution is 7.91. The smallest absolute Gasteiger partial charge is 0.249 e. The van der Waals surface area contributed by atoms with E-state index in [0.29, 0.717) is 11.0 Å². The van der Waals surface area contributed by atoms with Crippen molar-refractivity contribution in [2.24, 2.45) is 11.1 Å². The first-order valence-electron chi connectivity index (χ1n) is 6.74. The van der Waals surface area contributed by atoms with Crippen LogP contribution in [-0.4, -0.2) is 19.9 Å². The zero-order valence-electron chi connectivity index (χ0n) is 11.6. The van der Waals surface area contributed by atoms with Crippen LogP contribution in [0.15, 0.2) is 33.2 Å². The lowest BCUT2D eigenvalue weighted by Crippen LogP contribution is -2.36. The van der Waals surface area contributed by atoms with E-state index in [-0.39, 0.29) is 10.3 Å². The van der Waals surface area contributed by atoms with Gasteiger partial charge < -0.3 is 9.32 Å². The lowest BCUT2D eigenvalue weighted by molar-refractivity contribution is 0.328. The Bertz CT molecular complexity index is 709. The van der Waals surface area contributed by atoms with Crippen LogP contribution in [0.2, 0.25) is 0 Å². The Morgan fingerprint density at radius 3 is 2.95 bits per heavy atom. The highest BCUT2D eigenvalue weighted by Crippen LogP contribution is 2.39. The molecule has 1 aliphatic rings. The van der Waals surface area contributed by atoms with Gasteiger partial charge in [0.1, 0.15) is 5.76 Å². The normalized spacial score (nSPS) is 23.4. The molecule has 0 bridgehead atoms. The molecule has 2 N–H and O–H groups in total. The number of furan rings is 1. The van der Waals surface area contributed by atoms with Gasteiger partial charge in [0.25, 0.3) is 0 Å². The molecular formula is C13H17N3O3S2. The Hall–Kier alpha value is -1.38. The van der Waals surface area contributed by atoms with Crippen molar-refractivity contribution in [1.29, 1.82) is 0 Å². The second kappa shape index (κ2) is 5.43. The van der Waals surface area contributed by atoms with Gasteiger partial charge in [-0.2, -0.15) is 0 Å². The number of piperidine rings is 1. The number of thiazole rings is 1. The van der Waals surface area contributed by atoms with Crippen LogP contribution < -0.4 is 10.0 Å². The van der Waals surface area contributed by atoms with Crippen molar-refractivity contribution in [2.75, 3.05) is 11.4 Å². The molecule has 114 valence electrons. The van der Waals surface area contributed by atoms with Crippen LogP contribution in [0.5, 0.6) is 0 Å². The van der Waals surface area contributed by atoms with Crippen molar-refractivity contribution in [3.8, 4) is 0 Å². The Labute approximate surface area is 127 Å². The van der Waals surface area contributed by atoms with E-state index in [2.05, 4.69) is 16.8 Å². The van der Waals surface area contributed by atoms with Gasteiger partial charge in [-0.25, -0.2) is 18.5 Å². The van der Waals surface area contributed by atoms with Gasteiger partial charge in [0, 0.05) is 6.54 Å². The third-order valence-corrected chi connectivity index (χ3v) is 6.18. The first-order chi connectivity index (χ1) is 9.95. The predicted octanol–water partition coefficient (Wildman–Crippen LogP) is 2.36. The van der Waals surface area contributed by atoms with Gasteiger partial charge >= 0.3 is 0 Å². The molecule has 0 aromatic carbocycles. The molecule has 0 unspecified atom stereocenters. The van der Waals surface area contributed by atoms with Crippen molar-refractivity contribution in [1.82, 2.24) is 4.98 Å². The maximum atomic E-state index is 11.4. The minimum Gasteiger partial charge on any atom is -0.467 e. The summed E-state index contributed by atoms with van der Waals surface area (Å²) in [6.07, 6.45) is 4.98. The van der Waals surface area contributed by atoms with E-state index in [1.54, 1.807) is 6.26 Å². The summed E-state index contributed by atoms with van der Waals surface area (Å²) in [6, 6.07) is 3.90. The van der Waals surface area contributed by atoms with E-state index >= 15 is 0 Å². The molecule has 6 nitrogen and oxygen atoms in total. The number of hydrogen-bond acceptors (Lipinski definition) is 6. The summed E-state index contributed by atoms with van der Waals surface area (Å²) in [5.41, 5.74) is 0. The van der Waals surface area contributed by atoms with Crippen LogP contribution in [0.4, 0.5) is 5.13 Å². The number of hydrogen-bond donors (Lipinski definition) is 1. The fourth-order valence-electron chi connectivity index (χ4n) is 2.64. The standard InChI is InChI=1S/C13H17N3O3S2/c1-9-4-5-16(10(7-9)11-3-2-6-19-11)13-15-8-12(20-13)21(14,17)18/h2-3,6,8-10H,4-5,7H2,1H3,(H2,14,17,18)/t9-,10-/m1/s1. The average molecular weight is 327 g/mol. The van der Waals surface area contributed by atoms with Crippen LogP contribution in [0, 0.1) is 5.92 Å². The lowest BCUT2D eigenvalue weighted by atomic mass is 9.91. The molecule has 0 aliphatic carbocycles. The molecule has 2 aromatic rings. The molecule has 0 spiro atoms. The van der Waals surface area contributed by atoms with E-state index in [9.17, 15) is 8.42 Å². The SMILES string of the molecule is C[C@@H]1CCN(c2ncc(S(N)(=O)=O)s2)[C@@H](c2ccco2)C1. The van der Waals surface area contributed by atoms with Gasteiger partial charge in [-0.3, -0.25) is 0 Å². The lowest BCUT2D eigenvalue weighted by Gasteiger charge is -2.37. The summed E-state index contributed by atoms with van der Waals surface area (Å²) < 4.78 is 28.4. The summed E-state index contributed by atoms with van der Waals surface area (Å²) in [5.74, 6) is 1.47. The minimum absolute atomic E-state index is 0.0863. The molecule has 1 fully saturated rings. The quantitative estimate of drug-likeness (QED) is 0.934. The first kappa shape index (κ1) is 14.6. The monoisotopic (exact) mass is 327 g/mol. The van der Waals surface area contributed by atoms with Crippen LogP contribution in [0.25, 0.3) is 0 Å². The Kier molecular flexibility index (Phi) is 3.76. The van der Waals surface area contributed by atoms with E-state index in [1.165, 1.54) is 6.20 Å². The summed E-state index contributed by atoms with van der Waals surface area (Å²) in [7, 11) is -3.70. The fourth-order valence-corrected chi connectivity index (χ4v) is 4.25. The Morgan fingerprint density at radius 2 is 2.33 bits per heavy atom. The van der Waals surface area contributed by atoms with E-state index in [1.807, 2.05) is 12.1 Å². The average Bonchev–Trinajstić information content (AvgIpc) is 3.09. The highest BCUT2D eigenvalue weighted by atomic mass is 32.2. The Balaban J connectivity index is 1.93. The number of sulfonamides is 1. The summed E-state index contributed by atoms with van der Waals surface area (Å²) >= 11 is 1.11. The van der Waals surface area contributed by atoms with Crippen LogP contribution in [0.3, 0.4) is 0 Å². The maximum Gasteiger partial charge on any atom is 0.249 e. The van der Waals surface area contributed by atoms with Gasteiger partial charge in [0.2, 0.25) is 10.0 Å². The summed E-state index contributed by atoms with van der Waals surface area (Å²) in [4.78, 5) is 6.34. The molecule has 21 heavy (non-hydrogen) atoms. The number of primary sulfonamides is 1. The maximum absolute atomic E-state index is 11.4. The fraction of sp³-hybridized carbons (Fsp3) is 0.462. The van der Waals surface area contributed by atoms with Crippen LogP contribution >= 0.6 is 11.3 Å². The third kappa shape index (κ3) is 2.97. The van der Waals surface area contributed by atoms with Crippen LogP contribution in [-0.2, 0) is 10.0 Å². The van der Waals surface area contributed by atoms with Crippen molar-refractivity contribution >= 4 is 26.5 Å². The number of anilines is 1. The zero-order valence-corrected chi connectivity index (χ0v) is 13.2. The minimum atomic E-state index is -3.70. The predicted molar refractivity (Wildman–Crippen MR) is 80.7 cm³/mol. The zero-order chi connectivity index (χ0) is 15.0. The third-order valence-electron chi connectivity index (χ3n) is 3.73. The van der Waals surface area contributed by atoms with E-state index in [0.717, 1.165) is 36.5 Å². The molecule has 0 amide bonds. The largest absolute Gasteiger partial charge is 0.467 e. The number of aromatic nitrogens is 1. The van der Waals surface area contributed by atoms with Gasteiger partial charge in [-0.15, -0.1) is 0 Å². The number of rotatable bonds is 3. The molecule has 2 aromatic heterocycles. The van der Waals surface area contributed by atoms with Crippen molar-refractivity contribution in [2.45, 2.75) is 30.0 Å². The van der Waals surface area contributed by atoms with Crippen molar-refractivity contribution in [3.63, 3.8) is 0 Å². The van der Waals surface area contributed by atoms with Crippen molar-refractivity contribution < 1.29 is 12.8 Å². The molecule has 8 heteroatoms. The van der Waals surface area contributed by atoms with Gasteiger partial charge in [-0.05, 0) is 30.9 Å². The molecule has 1 aliphatic heterocycles. The van der Waals surface area contributed by atoms with Gasteiger partial charge in [0.05, 0.1) is 18.5 Å². The number of nitrogens with two attached hydrogens (primary N) is 1. The Morgan fingerprint density at radius 1 is 1.52 bits per heavy atom. The molecule has 3 heterocycles. The molecule has 0 radical (unpaired) electrons.